The quantitative estimate of drug-likeness (QED) is 0.673. The lowest BCUT2D eigenvalue weighted by Crippen LogP contribution is -2.22. The number of carbonyl (C=O) groups is 1. The van der Waals surface area contributed by atoms with Crippen LogP contribution in [0.4, 0.5) is 5.69 Å². The van der Waals surface area contributed by atoms with E-state index in [2.05, 4.69) is 11.0 Å². The van der Waals surface area contributed by atoms with E-state index in [-0.39, 0.29) is 0 Å². The molecule has 0 atom stereocenters. The fourth-order valence-electron chi connectivity index (χ4n) is 1.83. The predicted octanol–water partition coefficient (Wildman–Crippen LogP) is 1.26. The van der Waals surface area contributed by atoms with Gasteiger partial charge in [0.15, 0.2) is 0 Å². The molecule has 0 unspecified atom stereocenters. The summed E-state index contributed by atoms with van der Waals surface area (Å²) < 4.78 is 5.15. The van der Waals surface area contributed by atoms with Gasteiger partial charge in [0.05, 0.1) is 13.7 Å². The zero-order chi connectivity index (χ0) is 9.97. The fourth-order valence-corrected chi connectivity index (χ4v) is 1.83. The zero-order valence-corrected chi connectivity index (χ0v) is 8.19. The second-order valence-corrected chi connectivity index (χ2v) is 3.36. The van der Waals surface area contributed by atoms with Crippen molar-refractivity contribution in [3.8, 4) is 5.75 Å². The number of carbonyl (C=O) groups excluding carboxylic acids is 1. The van der Waals surface area contributed by atoms with E-state index in [0.29, 0.717) is 6.54 Å². The Hall–Kier alpha value is -1.51. The molecule has 1 aliphatic heterocycles. The minimum absolute atomic E-state index is 0.472. The summed E-state index contributed by atoms with van der Waals surface area (Å²) in [4.78, 5) is 12.5. The van der Waals surface area contributed by atoms with Gasteiger partial charge in [-0.25, -0.2) is 0 Å². The monoisotopic (exact) mass is 191 g/mol. The van der Waals surface area contributed by atoms with Crippen LogP contribution in [0.15, 0.2) is 18.2 Å². The number of methoxy groups -OCH3 is 1. The molecule has 1 heterocycles. The maximum atomic E-state index is 10.5. The second-order valence-electron chi connectivity index (χ2n) is 3.36. The van der Waals surface area contributed by atoms with Crippen molar-refractivity contribution in [1.82, 2.24) is 0 Å². The number of ether oxygens (including phenoxy) is 1. The Bertz CT molecular complexity index is 349. The van der Waals surface area contributed by atoms with Gasteiger partial charge in [0.2, 0.25) is 0 Å². The lowest BCUT2D eigenvalue weighted by Gasteiger charge is -2.16. The standard InChI is InChI=1S/C11H13NO2/c1-14-10-3-2-9-4-5-12(6-7-13)11(9)8-10/h2-3,7-8H,4-6H2,1H3. The Morgan fingerprint density at radius 2 is 2.43 bits per heavy atom. The summed E-state index contributed by atoms with van der Waals surface area (Å²) in [6, 6.07) is 6.02. The first-order valence-corrected chi connectivity index (χ1v) is 4.70. The second kappa shape index (κ2) is 3.70. The molecule has 0 radical (unpaired) electrons. The normalized spacial score (nSPS) is 13.9. The molecule has 0 bridgehead atoms. The number of aldehydes is 1. The van der Waals surface area contributed by atoms with Crippen molar-refractivity contribution in [3.63, 3.8) is 0 Å². The first-order valence-electron chi connectivity index (χ1n) is 4.70. The average molecular weight is 191 g/mol. The zero-order valence-electron chi connectivity index (χ0n) is 8.19. The fraction of sp³-hybridized carbons (Fsp3) is 0.364. The van der Waals surface area contributed by atoms with Crippen molar-refractivity contribution in [3.05, 3.63) is 23.8 Å². The molecule has 0 aliphatic carbocycles. The first kappa shape index (κ1) is 9.06. The summed E-state index contributed by atoms with van der Waals surface area (Å²) in [6.07, 6.45) is 1.96. The SMILES string of the molecule is COc1ccc2c(c1)N(CC=O)CC2. The van der Waals surface area contributed by atoms with Gasteiger partial charge in [-0.1, -0.05) is 6.07 Å². The van der Waals surface area contributed by atoms with Crippen LogP contribution in [-0.2, 0) is 11.2 Å². The predicted molar refractivity (Wildman–Crippen MR) is 55.0 cm³/mol. The van der Waals surface area contributed by atoms with E-state index >= 15 is 0 Å². The van der Waals surface area contributed by atoms with Crippen molar-refractivity contribution in [2.45, 2.75) is 6.42 Å². The minimum Gasteiger partial charge on any atom is -0.497 e. The van der Waals surface area contributed by atoms with Crippen LogP contribution in [0.1, 0.15) is 5.56 Å². The number of fused-ring (bicyclic) bond motifs is 1. The molecular formula is C11H13NO2. The highest BCUT2D eigenvalue weighted by Gasteiger charge is 2.18. The van der Waals surface area contributed by atoms with E-state index in [1.807, 2.05) is 12.1 Å². The van der Waals surface area contributed by atoms with E-state index in [1.54, 1.807) is 7.11 Å². The summed E-state index contributed by atoms with van der Waals surface area (Å²) in [7, 11) is 1.65. The van der Waals surface area contributed by atoms with Gasteiger partial charge >= 0.3 is 0 Å². The van der Waals surface area contributed by atoms with E-state index in [9.17, 15) is 4.79 Å². The molecule has 0 saturated carbocycles. The molecule has 0 amide bonds. The smallest absolute Gasteiger partial charge is 0.139 e. The average Bonchev–Trinajstić information content (AvgIpc) is 2.61. The van der Waals surface area contributed by atoms with Crippen LogP contribution in [0.25, 0.3) is 0 Å². The van der Waals surface area contributed by atoms with Crippen LogP contribution in [0.5, 0.6) is 5.75 Å². The third-order valence-electron chi connectivity index (χ3n) is 2.58. The highest BCUT2D eigenvalue weighted by Crippen LogP contribution is 2.30. The van der Waals surface area contributed by atoms with Gasteiger partial charge < -0.3 is 14.4 Å². The Labute approximate surface area is 83.3 Å². The van der Waals surface area contributed by atoms with E-state index in [1.165, 1.54) is 5.56 Å². The van der Waals surface area contributed by atoms with Crippen molar-refractivity contribution in [1.29, 1.82) is 0 Å². The summed E-state index contributed by atoms with van der Waals surface area (Å²) in [6.45, 7) is 1.40. The molecule has 0 N–H and O–H groups in total. The van der Waals surface area contributed by atoms with Crippen molar-refractivity contribution >= 4 is 12.0 Å². The van der Waals surface area contributed by atoms with Crippen LogP contribution in [0.3, 0.4) is 0 Å². The number of hydrogen-bond acceptors (Lipinski definition) is 3. The van der Waals surface area contributed by atoms with Crippen molar-refractivity contribution < 1.29 is 9.53 Å². The third kappa shape index (κ3) is 1.45. The molecule has 14 heavy (non-hydrogen) atoms. The lowest BCUT2D eigenvalue weighted by atomic mass is 10.1. The number of rotatable bonds is 3. The van der Waals surface area contributed by atoms with Crippen LogP contribution in [-0.4, -0.2) is 26.5 Å². The van der Waals surface area contributed by atoms with Gasteiger partial charge in [-0.2, -0.15) is 0 Å². The molecule has 2 rings (SSSR count). The van der Waals surface area contributed by atoms with Gasteiger partial charge in [-0.3, -0.25) is 0 Å². The molecule has 3 heteroatoms. The molecule has 3 nitrogen and oxygen atoms in total. The molecule has 0 saturated heterocycles. The molecule has 1 aromatic rings. The van der Waals surface area contributed by atoms with Gasteiger partial charge in [-0.05, 0) is 18.1 Å². The summed E-state index contributed by atoms with van der Waals surface area (Å²) in [5.74, 6) is 0.849. The molecule has 0 aromatic heterocycles. The van der Waals surface area contributed by atoms with Crippen LogP contribution < -0.4 is 9.64 Å². The van der Waals surface area contributed by atoms with E-state index < -0.39 is 0 Å². The molecular weight excluding hydrogens is 178 g/mol. The number of anilines is 1. The van der Waals surface area contributed by atoms with Gasteiger partial charge in [0.25, 0.3) is 0 Å². The van der Waals surface area contributed by atoms with E-state index in [0.717, 1.165) is 30.7 Å². The molecule has 74 valence electrons. The number of nitrogens with zero attached hydrogens (tertiary/aromatic N) is 1. The largest absolute Gasteiger partial charge is 0.497 e. The minimum atomic E-state index is 0.472. The Kier molecular flexibility index (Phi) is 2.39. The summed E-state index contributed by atoms with van der Waals surface area (Å²) >= 11 is 0. The molecule has 0 fully saturated rings. The lowest BCUT2D eigenvalue weighted by molar-refractivity contribution is -0.106. The summed E-state index contributed by atoms with van der Waals surface area (Å²) in [5, 5.41) is 0. The number of benzene rings is 1. The van der Waals surface area contributed by atoms with Gasteiger partial charge in [0.1, 0.15) is 12.0 Å². The maximum Gasteiger partial charge on any atom is 0.139 e. The van der Waals surface area contributed by atoms with Gasteiger partial charge in [-0.15, -0.1) is 0 Å². The molecule has 1 aromatic carbocycles. The summed E-state index contributed by atoms with van der Waals surface area (Å²) in [5.41, 5.74) is 2.43. The van der Waals surface area contributed by atoms with E-state index in [4.69, 9.17) is 4.74 Å². The first-order chi connectivity index (χ1) is 6.85. The van der Waals surface area contributed by atoms with Crippen molar-refractivity contribution in [2.24, 2.45) is 0 Å². The highest BCUT2D eigenvalue weighted by atomic mass is 16.5. The van der Waals surface area contributed by atoms with Crippen LogP contribution >= 0.6 is 0 Å². The maximum absolute atomic E-state index is 10.5. The van der Waals surface area contributed by atoms with Crippen LogP contribution in [0.2, 0.25) is 0 Å². The topological polar surface area (TPSA) is 29.5 Å². The molecule has 0 spiro atoms. The molecule has 1 aliphatic rings. The van der Waals surface area contributed by atoms with Gasteiger partial charge in [0, 0.05) is 18.3 Å². The Balaban J connectivity index is 2.31. The highest BCUT2D eigenvalue weighted by molar-refractivity contribution is 5.67. The Morgan fingerprint density at radius 3 is 3.14 bits per heavy atom. The third-order valence-corrected chi connectivity index (χ3v) is 2.58. The Morgan fingerprint density at radius 1 is 1.57 bits per heavy atom. The number of hydrogen-bond donors (Lipinski definition) is 0. The van der Waals surface area contributed by atoms with Crippen LogP contribution in [0, 0.1) is 0 Å². The van der Waals surface area contributed by atoms with Crippen molar-refractivity contribution in [2.75, 3.05) is 25.1 Å².